The number of nitrogens with zero attached hydrogens (tertiary/aromatic N) is 3. The first-order chi connectivity index (χ1) is 10.1. The fourth-order valence-electron chi connectivity index (χ4n) is 1.59. The molecule has 0 spiro atoms. The van der Waals surface area contributed by atoms with Crippen molar-refractivity contribution >= 4 is 5.57 Å². The lowest BCUT2D eigenvalue weighted by atomic mass is 10.1. The van der Waals surface area contributed by atoms with E-state index < -0.39 is 0 Å². The second kappa shape index (κ2) is 10.8. The molecule has 0 radical (unpaired) electrons. The lowest BCUT2D eigenvalue weighted by molar-refractivity contribution is 0.367. The van der Waals surface area contributed by atoms with Gasteiger partial charge >= 0.3 is 0 Å². The van der Waals surface area contributed by atoms with E-state index in [9.17, 15) is 4.79 Å². The molecule has 0 amide bonds. The minimum atomic E-state index is -0.0796. The lowest BCUT2D eigenvalue weighted by Gasteiger charge is -2.11. The average molecular weight is 289 g/mol. The molecule has 0 aliphatic carbocycles. The Hall–Kier alpha value is -1.94. The molecule has 0 fully saturated rings. The van der Waals surface area contributed by atoms with Crippen molar-refractivity contribution in [3.05, 3.63) is 59.1 Å². The van der Waals surface area contributed by atoms with Crippen LogP contribution in [0.3, 0.4) is 0 Å². The predicted molar refractivity (Wildman–Crippen MR) is 91.4 cm³/mol. The summed E-state index contributed by atoms with van der Waals surface area (Å²) >= 11 is 0. The number of likely N-dealkylation sites (N-methyl/N-ethyl adjacent to an activating group) is 1. The van der Waals surface area contributed by atoms with Crippen LogP contribution in [0, 0.1) is 0 Å². The summed E-state index contributed by atoms with van der Waals surface area (Å²) in [6, 6.07) is 3.29. The summed E-state index contributed by atoms with van der Waals surface area (Å²) in [6.45, 7) is 11.0. The van der Waals surface area contributed by atoms with Gasteiger partial charge in [0, 0.05) is 18.2 Å². The zero-order chi connectivity index (χ0) is 16.3. The normalized spacial score (nSPS) is 11.4. The van der Waals surface area contributed by atoms with Gasteiger partial charge in [0.15, 0.2) is 0 Å². The Bertz CT molecular complexity index is 539. The molecule has 1 rings (SSSR count). The SMILES string of the molecule is C=C/C=C(\C=C/C)c1ccc(=O)n(CCN(C)C)n1.CC. The van der Waals surface area contributed by atoms with Gasteiger partial charge in [0.25, 0.3) is 5.56 Å². The van der Waals surface area contributed by atoms with Gasteiger partial charge < -0.3 is 4.90 Å². The maximum absolute atomic E-state index is 11.7. The minimum absolute atomic E-state index is 0.0796. The number of hydrogen-bond donors (Lipinski definition) is 0. The topological polar surface area (TPSA) is 38.1 Å². The fourth-order valence-corrected chi connectivity index (χ4v) is 1.59. The first-order valence-corrected chi connectivity index (χ1v) is 7.27. The van der Waals surface area contributed by atoms with Crippen LogP contribution in [0.15, 0.2) is 47.8 Å². The van der Waals surface area contributed by atoms with Crippen molar-refractivity contribution in [2.45, 2.75) is 27.3 Å². The summed E-state index contributed by atoms with van der Waals surface area (Å²) in [6.07, 6.45) is 7.48. The van der Waals surface area contributed by atoms with Crippen LogP contribution in [0.4, 0.5) is 0 Å². The summed E-state index contributed by atoms with van der Waals surface area (Å²) < 4.78 is 1.50. The Morgan fingerprint density at radius 2 is 2.05 bits per heavy atom. The van der Waals surface area contributed by atoms with Crippen LogP contribution in [0.1, 0.15) is 26.5 Å². The minimum Gasteiger partial charge on any atom is -0.308 e. The van der Waals surface area contributed by atoms with Crippen LogP contribution in [0.2, 0.25) is 0 Å². The van der Waals surface area contributed by atoms with E-state index >= 15 is 0 Å². The third-order valence-electron chi connectivity index (χ3n) is 2.57. The molecule has 4 nitrogen and oxygen atoms in total. The third-order valence-corrected chi connectivity index (χ3v) is 2.57. The highest BCUT2D eigenvalue weighted by atomic mass is 16.1. The van der Waals surface area contributed by atoms with Crippen molar-refractivity contribution in [1.29, 1.82) is 0 Å². The van der Waals surface area contributed by atoms with Gasteiger partial charge in [-0.05, 0) is 27.1 Å². The van der Waals surface area contributed by atoms with E-state index in [0.29, 0.717) is 6.54 Å². The van der Waals surface area contributed by atoms with Crippen molar-refractivity contribution in [2.75, 3.05) is 20.6 Å². The van der Waals surface area contributed by atoms with Crippen molar-refractivity contribution in [2.24, 2.45) is 0 Å². The van der Waals surface area contributed by atoms with Gasteiger partial charge in [-0.2, -0.15) is 5.10 Å². The molecule has 0 aliphatic heterocycles. The van der Waals surface area contributed by atoms with Gasteiger partial charge in [0.05, 0.1) is 12.2 Å². The molecule has 4 heteroatoms. The summed E-state index contributed by atoms with van der Waals surface area (Å²) in [7, 11) is 3.94. The Morgan fingerprint density at radius 3 is 2.57 bits per heavy atom. The molecule has 0 N–H and O–H groups in total. The first kappa shape index (κ1) is 19.1. The third kappa shape index (κ3) is 6.86. The maximum atomic E-state index is 11.7. The van der Waals surface area contributed by atoms with E-state index in [-0.39, 0.29) is 5.56 Å². The van der Waals surface area contributed by atoms with Crippen molar-refractivity contribution < 1.29 is 0 Å². The highest BCUT2D eigenvalue weighted by molar-refractivity contribution is 5.72. The highest BCUT2D eigenvalue weighted by Crippen LogP contribution is 2.11. The number of aromatic nitrogens is 2. The van der Waals surface area contributed by atoms with Crippen LogP contribution in [0.25, 0.3) is 5.57 Å². The lowest BCUT2D eigenvalue weighted by Crippen LogP contribution is -2.28. The van der Waals surface area contributed by atoms with Crippen molar-refractivity contribution in [1.82, 2.24) is 14.7 Å². The molecule has 0 aliphatic rings. The highest BCUT2D eigenvalue weighted by Gasteiger charge is 2.03. The molecule has 0 saturated carbocycles. The summed E-state index contributed by atoms with van der Waals surface area (Å²) in [4.78, 5) is 13.8. The van der Waals surface area contributed by atoms with Crippen molar-refractivity contribution in [3.8, 4) is 0 Å². The van der Waals surface area contributed by atoms with Crippen LogP contribution in [-0.4, -0.2) is 35.3 Å². The van der Waals surface area contributed by atoms with E-state index in [2.05, 4.69) is 11.7 Å². The van der Waals surface area contributed by atoms with Crippen LogP contribution in [0.5, 0.6) is 0 Å². The van der Waals surface area contributed by atoms with Crippen molar-refractivity contribution in [3.63, 3.8) is 0 Å². The van der Waals surface area contributed by atoms with Gasteiger partial charge in [-0.1, -0.05) is 44.7 Å². The predicted octanol–water partition coefficient (Wildman–Crippen LogP) is 2.98. The molecule has 21 heavy (non-hydrogen) atoms. The van der Waals surface area contributed by atoms with E-state index in [1.165, 1.54) is 4.68 Å². The van der Waals surface area contributed by atoms with Gasteiger partial charge in [-0.25, -0.2) is 4.68 Å². The van der Waals surface area contributed by atoms with Gasteiger partial charge in [0.1, 0.15) is 0 Å². The quantitative estimate of drug-likeness (QED) is 0.756. The van der Waals surface area contributed by atoms with E-state index in [1.807, 2.05) is 58.0 Å². The van der Waals surface area contributed by atoms with E-state index in [4.69, 9.17) is 0 Å². The monoisotopic (exact) mass is 289 g/mol. The average Bonchev–Trinajstić information content (AvgIpc) is 2.48. The first-order valence-electron chi connectivity index (χ1n) is 7.27. The molecule has 1 heterocycles. The second-order valence-corrected chi connectivity index (χ2v) is 4.44. The Kier molecular flexibility index (Phi) is 9.80. The van der Waals surface area contributed by atoms with Gasteiger partial charge in [0.2, 0.25) is 0 Å². The molecule has 0 atom stereocenters. The summed E-state index contributed by atoms with van der Waals surface area (Å²) in [5.74, 6) is 0. The smallest absolute Gasteiger partial charge is 0.266 e. The van der Waals surface area contributed by atoms with Gasteiger partial charge in [-0.15, -0.1) is 0 Å². The molecular formula is C17H27N3O. The molecule has 116 valence electrons. The van der Waals surface area contributed by atoms with E-state index in [0.717, 1.165) is 17.8 Å². The second-order valence-electron chi connectivity index (χ2n) is 4.44. The van der Waals surface area contributed by atoms with Crippen LogP contribution in [-0.2, 0) is 6.54 Å². The summed E-state index contributed by atoms with van der Waals surface area (Å²) in [5.41, 5.74) is 1.64. The largest absolute Gasteiger partial charge is 0.308 e. The molecule has 1 aromatic rings. The maximum Gasteiger partial charge on any atom is 0.266 e. The molecular weight excluding hydrogens is 262 g/mol. The number of rotatable bonds is 6. The molecule has 0 aromatic carbocycles. The van der Waals surface area contributed by atoms with E-state index in [1.54, 1.807) is 18.2 Å². The Morgan fingerprint density at radius 1 is 1.38 bits per heavy atom. The van der Waals surface area contributed by atoms with Gasteiger partial charge in [-0.3, -0.25) is 4.79 Å². The summed E-state index contributed by atoms with van der Waals surface area (Å²) in [5, 5.41) is 4.39. The Balaban J connectivity index is 0.00000191. The molecule has 0 unspecified atom stereocenters. The van der Waals surface area contributed by atoms with Crippen LogP contribution >= 0.6 is 0 Å². The number of allylic oxidation sites excluding steroid dienone is 5. The molecule has 1 aromatic heterocycles. The number of hydrogen-bond acceptors (Lipinski definition) is 3. The zero-order valence-corrected chi connectivity index (χ0v) is 13.8. The van der Waals surface area contributed by atoms with Crippen LogP contribution < -0.4 is 5.56 Å². The Labute approximate surface area is 128 Å². The fraction of sp³-hybridized carbons (Fsp3) is 0.412. The molecule has 0 bridgehead atoms. The molecule has 0 saturated heterocycles. The zero-order valence-electron chi connectivity index (χ0n) is 13.8. The standard InChI is InChI=1S/C15H21N3O.C2H6/c1-5-7-13(8-6-2)14-9-10-15(19)18(16-14)12-11-17(3)4;1-2/h5-10H,1,11-12H2,2-4H3;1-2H3/b8-6-,13-7+;.